The number of hydrogen-bond acceptors (Lipinski definition) is 4. The number of amides is 2. The van der Waals surface area contributed by atoms with Crippen molar-refractivity contribution < 1.29 is 14.7 Å². The number of benzene rings is 1. The molecule has 1 aliphatic heterocycles. The summed E-state index contributed by atoms with van der Waals surface area (Å²) in [5, 5.41) is 16.3. The van der Waals surface area contributed by atoms with E-state index in [2.05, 4.69) is 5.32 Å². The highest BCUT2D eigenvalue weighted by atomic mass is 32.1. The topological polar surface area (TPSA) is 69.6 Å². The van der Waals surface area contributed by atoms with Gasteiger partial charge in [-0.2, -0.15) is 11.3 Å². The van der Waals surface area contributed by atoms with Crippen LogP contribution < -0.4 is 10.2 Å². The summed E-state index contributed by atoms with van der Waals surface area (Å²) >= 11 is 1.48. The van der Waals surface area contributed by atoms with Gasteiger partial charge in [-0.15, -0.1) is 0 Å². The number of anilines is 1. The Hall–Kier alpha value is -2.18. The van der Waals surface area contributed by atoms with E-state index in [4.69, 9.17) is 0 Å². The molecular formula is C18H18N2O3S. The van der Waals surface area contributed by atoms with Crippen LogP contribution in [0.4, 0.5) is 5.69 Å². The molecule has 0 saturated heterocycles. The van der Waals surface area contributed by atoms with Gasteiger partial charge in [-0.1, -0.05) is 18.2 Å². The van der Waals surface area contributed by atoms with E-state index in [-0.39, 0.29) is 12.0 Å². The first-order chi connectivity index (χ1) is 11.6. The molecule has 1 unspecified atom stereocenters. The molecule has 4 rings (SSSR count). The minimum absolute atomic E-state index is 0.0297. The van der Waals surface area contributed by atoms with Crippen LogP contribution in [0.3, 0.4) is 0 Å². The second-order valence-corrected chi connectivity index (χ2v) is 7.25. The molecule has 1 spiro atoms. The first-order valence-electron chi connectivity index (χ1n) is 8.00. The molecule has 2 aromatic rings. The van der Waals surface area contributed by atoms with Crippen LogP contribution in [0.5, 0.6) is 0 Å². The van der Waals surface area contributed by atoms with Crippen LogP contribution in [0.15, 0.2) is 41.1 Å². The Morgan fingerprint density at radius 1 is 1.29 bits per heavy atom. The van der Waals surface area contributed by atoms with Gasteiger partial charge in [-0.05, 0) is 46.9 Å². The fourth-order valence-electron chi connectivity index (χ4n) is 3.36. The normalized spacial score (nSPS) is 18.3. The molecule has 2 amide bonds. The number of thiophene rings is 1. The van der Waals surface area contributed by atoms with Gasteiger partial charge in [0.25, 0.3) is 0 Å². The number of carbonyl (C=O) groups is 2. The Morgan fingerprint density at radius 3 is 2.79 bits per heavy atom. The summed E-state index contributed by atoms with van der Waals surface area (Å²) < 4.78 is 0. The predicted molar refractivity (Wildman–Crippen MR) is 92.0 cm³/mol. The number of aliphatic hydroxyl groups is 1. The number of fused-ring (bicyclic) bond motifs is 2. The van der Waals surface area contributed by atoms with Gasteiger partial charge in [0.2, 0.25) is 0 Å². The maximum Gasteiger partial charge on any atom is 0.316 e. The second kappa shape index (κ2) is 5.72. The van der Waals surface area contributed by atoms with Gasteiger partial charge in [-0.25, -0.2) is 0 Å². The molecule has 1 aromatic heterocycles. The van der Waals surface area contributed by atoms with E-state index < -0.39 is 17.9 Å². The monoisotopic (exact) mass is 342 g/mol. The largest absolute Gasteiger partial charge is 0.387 e. The first-order valence-corrected chi connectivity index (χ1v) is 8.94. The molecule has 0 radical (unpaired) electrons. The summed E-state index contributed by atoms with van der Waals surface area (Å²) in [5.74, 6) is -1.22. The molecule has 24 heavy (non-hydrogen) atoms. The quantitative estimate of drug-likeness (QED) is 0.838. The van der Waals surface area contributed by atoms with E-state index in [1.807, 2.05) is 35.0 Å². The molecule has 2 aliphatic rings. The Morgan fingerprint density at radius 2 is 2.08 bits per heavy atom. The smallest absolute Gasteiger partial charge is 0.316 e. The van der Waals surface area contributed by atoms with Crippen LogP contribution in [0.2, 0.25) is 0 Å². The number of carbonyl (C=O) groups excluding carboxylic acids is 2. The van der Waals surface area contributed by atoms with Crippen LogP contribution in [-0.2, 0) is 15.0 Å². The lowest BCUT2D eigenvalue weighted by Gasteiger charge is -2.18. The second-order valence-electron chi connectivity index (χ2n) is 6.47. The molecule has 0 bridgehead atoms. The van der Waals surface area contributed by atoms with Crippen molar-refractivity contribution in [2.75, 3.05) is 18.0 Å². The lowest BCUT2D eigenvalue weighted by molar-refractivity contribution is -0.137. The summed E-state index contributed by atoms with van der Waals surface area (Å²) in [4.78, 5) is 26.4. The average Bonchev–Trinajstić information content (AvgIpc) is 3.05. The number of rotatable bonds is 3. The van der Waals surface area contributed by atoms with E-state index in [0.29, 0.717) is 6.54 Å². The minimum Gasteiger partial charge on any atom is -0.387 e. The molecule has 1 aliphatic carbocycles. The molecule has 1 fully saturated rings. The van der Waals surface area contributed by atoms with Crippen molar-refractivity contribution in [1.29, 1.82) is 0 Å². The Kier molecular flexibility index (Phi) is 3.66. The Labute approximate surface area is 143 Å². The zero-order valence-corrected chi connectivity index (χ0v) is 13.9. The van der Waals surface area contributed by atoms with E-state index in [0.717, 1.165) is 24.1 Å². The summed E-state index contributed by atoms with van der Waals surface area (Å²) in [7, 11) is 0. The molecule has 1 aromatic carbocycles. The van der Waals surface area contributed by atoms with Crippen molar-refractivity contribution in [2.45, 2.75) is 24.4 Å². The summed E-state index contributed by atoms with van der Waals surface area (Å²) in [6, 6.07) is 9.61. The first kappa shape index (κ1) is 15.4. The number of para-hydroxylation sites is 1. The van der Waals surface area contributed by atoms with Gasteiger partial charge in [0.1, 0.15) is 0 Å². The van der Waals surface area contributed by atoms with E-state index in [1.54, 1.807) is 11.0 Å². The van der Waals surface area contributed by atoms with Gasteiger partial charge >= 0.3 is 11.8 Å². The predicted octanol–water partition coefficient (Wildman–Crippen LogP) is 1.98. The van der Waals surface area contributed by atoms with Crippen molar-refractivity contribution >= 4 is 28.8 Å². The van der Waals surface area contributed by atoms with Crippen LogP contribution in [0.1, 0.15) is 30.1 Å². The van der Waals surface area contributed by atoms with E-state index in [1.165, 1.54) is 16.9 Å². The summed E-state index contributed by atoms with van der Waals surface area (Å²) in [5.41, 5.74) is 2.82. The standard InChI is InChI=1S/C18H18N2O3S/c21-15(12-5-8-24-10-12)9-19-16(22)17(23)20-11-18(6-7-18)13-3-1-2-4-14(13)20/h1-5,8,10,15,21H,6-7,9,11H2,(H,19,22). The Balaban J connectivity index is 1.44. The average molecular weight is 342 g/mol. The van der Waals surface area contributed by atoms with Crippen molar-refractivity contribution in [1.82, 2.24) is 5.32 Å². The van der Waals surface area contributed by atoms with Crippen LogP contribution in [0, 0.1) is 0 Å². The van der Waals surface area contributed by atoms with Crippen molar-refractivity contribution in [3.63, 3.8) is 0 Å². The number of nitrogens with zero attached hydrogens (tertiary/aromatic N) is 1. The Bertz CT molecular complexity index is 783. The number of aliphatic hydroxyl groups excluding tert-OH is 1. The summed E-state index contributed by atoms with van der Waals surface area (Å²) in [6.07, 6.45) is 1.33. The maximum absolute atomic E-state index is 12.6. The highest BCUT2D eigenvalue weighted by Crippen LogP contribution is 2.56. The number of hydrogen-bond donors (Lipinski definition) is 2. The van der Waals surface area contributed by atoms with Gasteiger partial charge < -0.3 is 15.3 Å². The zero-order valence-electron chi connectivity index (χ0n) is 13.1. The highest BCUT2D eigenvalue weighted by Gasteiger charge is 2.53. The fraction of sp³-hybridized carbons (Fsp3) is 0.333. The molecule has 5 nitrogen and oxygen atoms in total. The molecule has 1 atom stereocenters. The molecule has 6 heteroatoms. The third kappa shape index (κ3) is 2.52. The van der Waals surface area contributed by atoms with E-state index in [9.17, 15) is 14.7 Å². The lowest BCUT2D eigenvalue weighted by Crippen LogP contribution is -2.44. The SMILES string of the molecule is O=C(NCC(O)c1ccsc1)C(=O)N1CC2(CC2)c2ccccc21. The summed E-state index contributed by atoms with van der Waals surface area (Å²) in [6.45, 7) is 0.605. The fourth-order valence-corrected chi connectivity index (χ4v) is 4.07. The van der Waals surface area contributed by atoms with E-state index >= 15 is 0 Å². The van der Waals surface area contributed by atoms with Crippen LogP contribution in [0.25, 0.3) is 0 Å². The lowest BCUT2D eigenvalue weighted by atomic mass is 9.99. The third-order valence-corrected chi connectivity index (χ3v) is 5.61. The molecule has 2 heterocycles. The van der Waals surface area contributed by atoms with Gasteiger partial charge in [0.15, 0.2) is 0 Å². The third-order valence-electron chi connectivity index (χ3n) is 4.90. The zero-order chi connectivity index (χ0) is 16.7. The van der Waals surface area contributed by atoms with Gasteiger partial charge in [0, 0.05) is 24.2 Å². The number of nitrogens with one attached hydrogen (secondary N) is 1. The molecular weight excluding hydrogens is 324 g/mol. The van der Waals surface area contributed by atoms with Crippen molar-refractivity contribution in [2.24, 2.45) is 0 Å². The van der Waals surface area contributed by atoms with Gasteiger partial charge in [-0.3, -0.25) is 9.59 Å². The molecule has 1 saturated carbocycles. The van der Waals surface area contributed by atoms with Crippen LogP contribution >= 0.6 is 11.3 Å². The minimum atomic E-state index is -0.798. The van der Waals surface area contributed by atoms with Crippen LogP contribution in [-0.4, -0.2) is 30.0 Å². The van der Waals surface area contributed by atoms with Gasteiger partial charge in [0.05, 0.1) is 6.10 Å². The highest BCUT2D eigenvalue weighted by molar-refractivity contribution is 7.07. The molecule has 124 valence electrons. The molecule has 2 N–H and O–H groups in total. The van der Waals surface area contributed by atoms with Crippen molar-refractivity contribution in [3.8, 4) is 0 Å². The maximum atomic E-state index is 12.6. The van der Waals surface area contributed by atoms with Crippen molar-refractivity contribution in [3.05, 3.63) is 52.2 Å².